The van der Waals surface area contributed by atoms with Gasteiger partial charge in [0, 0.05) is 19.6 Å². The molecule has 0 saturated carbocycles. The zero-order valence-corrected chi connectivity index (χ0v) is 11.4. The summed E-state index contributed by atoms with van der Waals surface area (Å²) in [4.78, 5) is 14.2. The molecule has 106 valence electrons. The van der Waals surface area contributed by atoms with Crippen LogP contribution in [-0.2, 0) is 4.74 Å². The van der Waals surface area contributed by atoms with Crippen molar-refractivity contribution in [1.82, 2.24) is 20.4 Å². The zero-order chi connectivity index (χ0) is 13.8. The van der Waals surface area contributed by atoms with Crippen LogP contribution in [0.5, 0.6) is 0 Å². The number of hydrogen-bond acceptors (Lipinski definition) is 5. The van der Waals surface area contributed by atoms with Gasteiger partial charge < -0.3 is 15.8 Å². The van der Waals surface area contributed by atoms with Crippen LogP contribution < -0.4 is 11.1 Å². The molecule has 1 fully saturated rings. The summed E-state index contributed by atoms with van der Waals surface area (Å²) in [7, 11) is 0. The van der Waals surface area contributed by atoms with Crippen molar-refractivity contribution < 1.29 is 9.53 Å². The van der Waals surface area contributed by atoms with E-state index < -0.39 is 0 Å². The lowest BCUT2D eigenvalue weighted by atomic mass is 10.2. The lowest BCUT2D eigenvalue weighted by molar-refractivity contribution is -0.0246. The van der Waals surface area contributed by atoms with E-state index in [-0.39, 0.29) is 17.7 Å². The molecule has 2 rings (SSSR count). The van der Waals surface area contributed by atoms with Crippen molar-refractivity contribution in [2.45, 2.75) is 20.0 Å². The van der Waals surface area contributed by atoms with E-state index in [1.165, 1.54) is 0 Å². The first-order valence-corrected chi connectivity index (χ1v) is 6.54. The smallest absolute Gasteiger partial charge is 0.274 e. The summed E-state index contributed by atoms with van der Waals surface area (Å²) in [5.74, 6) is -0.265. The maximum atomic E-state index is 11.9. The number of ether oxygens (including phenoxy) is 1. The van der Waals surface area contributed by atoms with Crippen LogP contribution in [0.25, 0.3) is 0 Å². The average Bonchev–Trinajstić information content (AvgIpc) is 2.77. The minimum atomic E-state index is -0.265. The third-order valence-corrected chi connectivity index (χ3v) is 3.37. The minimum absolute atomic E-state index is 0.0268. The number of H-pyrrole nitrogens is 1. The highest BCUT2D eigenvalue weighted by atomic mass is 16.5. The molecule has 1 aromatic rings. The summed E-state index contributed by atoms with van der Waals surface area (Å²) in [6.07, 6.45) is 0.0268. The van der Waals surface area contributed by atoms with E-state index in [9.17, 15) is 4.79 Å². The summed E-state index contributed by atoms with van der Waals surface area (Å²) in [6, 6.07) is 0. The van der Waals surface area contributed by atoms with Crippen molar-refractivity contribution in [2.75, 3.05) is 38.5 Å². The summed E-state index contributed by atoms with van der Waals surface area (Å²) < 4.78 is 5.62. The van der Waals surface area contributed by atoms with Crippen LogP contribution in [0.15, 0.2) is 0 Å². The first kappa shape index (κ1) is 13.8. The molecule has 2 heterocycles. The first-order valence-electron chi connectivity index (χ1n) is 6.54. The molecule has 1 aromatic heterocycles. The number of anilines is 1. The fourth-order valence-corrected chi connectivity index (χ4v) is 2.09. The maximum Gasteiger partial charge on any atom is 0.274 e. The lowest BCUT2D eigenvalue weighted by Crippen LogP contribution is -2.47. The SMILES string of the molecule is CCN1CCOC(CNC(=O)c2n[nH]c(C)c2N)C1. The highest BCUT2D eigenvalue weighted by Gasteiger charge is 2.21. The Morgan fingerprint density at radius 2 is 2.47 bits per heavy atom. The van der Waals surface area contributed by atoms with Crippen molar-refractivity contribution in [3.8, 4) is 0 Å². The van der Waals surface area contributed by atoms with Gasteiger partial charge in [0.25, 0.3) is 5.91 Å². The van der Waals surface area contributed by atoms with Gasteiger partial charge in [0.15, 0.2) is 5.69 Å². The molecular weight excluding hydrogens is 246 g/mol. The Labute approximate surface area is 112 Å². The van der Waals surface area contributed by atoms with E-state index in [1.54, 1.807) is 6.92 Å². The number of likely N-dealkylation sites (N-methyl/N-ethyl adjacent to an activating group) is 1. The number of aromatic amines is 1. The Kier molecular flexibility index (Phi) is 4.39. The number of amides is 1. The number of nitrogens with one attached hydrogen (secondary N) is 2. The molecule has 7 nitrogen and oxygen atoms in total. The Morgan fingerprint density at radius 1 is 1.68 bits per heavy atom. The fourth-order valence-electron chi connectivity index (χ4n) is 2.09. The molecule has 19 heavy (non-hydrogen) atoms. The third kappa shape index (κ3) is 3.24. The normalized spacial score (nSPS) is 20.4. The van der Waals surface area contributed by atoms with Crippen LogP contribution in [0, 0.1) is 6.92 Å². The largest absolute Gasteiger partial charge is 0.395 e. The number of hydrogen-bond donors (Lipinski definition) is 3. The van der Waals surface area contributed by atoms with Crippen LogP contribution in [0.3, 0.4) is 0 Å². The Hall–Kier alpha value is -1.60. The van der Waals surface area contributed by atoms with Crippen molar-refractivity contribution in [3.63, 3.8) is 0 Å². The number of morpholine rings is 1. The van der Waals surface area contributed by atoms with Gasteiger partial charge in [-0.05, 0) is 13.5 Å². The second-order valence-corrected chi connectivity index (χ2v) is 4.71. The Morgan fingerprint density at radius 3 is 3.11 bits per heavy atom. The predicted octanol–water partition coefficient (Wildman–Crippen LogP) is -0.249. The molecule has 1 amide bonds. The summed E-state index contributed by atoms with van der Waals surface area (Å²) in [6.45, 7) is 7.87. The van der Waals surface area contributed by atoms with Gasteiger partial charge in [-0.25, -0.2) is 0 Å². The van der Waals surface area contributed by atoms with E-state index in [4.69, 9.17) is 10.5 Å². The second kappa shape index (κ2) is 6.03. The summed E-state index contributed by atoms with van der Waals surface area (Å²) >= 11 is 0. The number of nitrogens with zero attached hydrogens (tertiary/aromatic N) is 2. The van der Waals surface area contributed by atoms with Gasteiger partial charge in [0.2, 0.25) is 0 Å². The van der Waals surface area contributed by atoms with Crippen LogP contribution in [0.2, 0.25) is 0 Å². The topological polar surface area (TPSA) is 96.3 Å². The van der Waals surface area contributed by atoms with Crippen LogP contribution in [-0.4, -0.2) is 59.9 Å². The number of carbonyl (C=O) groups is 1. The molecule has 1 aliphatic heterocycles. The first-order chi connectivity index (χ1) is 9.11. The molecule has 0 spiro atoms. The number of nitrogen functional groups attached to an aromatic ring is 1. The highest BCUT2D eigenvalue weighted by Crippen LogP contribution is 2.12. The number of rotatable bonds is 4. The van der Waals surface area contributed by atoms with Crippen molar-refractivity contribution in [2.24, 2.45) is 0 Å². The van der Waals surface area contributed by atoms with Gasteiger partial charge in [0.05, 0.1) is 24.1 Å². The number of carbonyl (C=O) groups excluding carboxylic acids is 1. The van der Waals surface area contributed by atoms with Gasteiger partial charge in [-0.15, -0.1) is 0 Å². The molecule has 0 radical (unpaired) electrons. The number of nitrogens with two attached hydrogens (primary N) is 1. The van der Waals surface area contributed by atoms with Crippen LogP contribution >= 0.6 is 0 Å². The van der Waals surface area contributed by atoms with Gasteiger partial charge in [0.1, 0.15) is 0 Å². The van der Waals surface area contributed by atoms with Crippen LogP contribution in [0.1, 0.15) is 23.1 Å². The van der Waals surface area contributed by atoms with Gasteiger partial charge in [-0.1, -0.05) is 6.92 Å². The quantitative estimate of drug-likeness (QED) is 0.699. The van der Waals surface area contributed by atoms with Gasteiger partial charge in [-0.2, -0.15) is 5.10 Å². The molecule has 1 atom stereocenters. The molecule has 7 heteroatoms. The van der Waals surface area contributed by atoms with E-state index in [0.29, 0.717) is 24.5 Å². The number of aryl methyl sites for hydroxylation is 1. The number of aromatic nitrogens is 2. The van der Waals surface area contributed by atoms with E-state index in [0.717, 1.165) is 19.6 Å². The van der Waals surface area contributed by atoms with Gasteiger partial charge in [-0.3, -0.25) is 14.8 Å². The van der Waals surface area contributed by atoms with E-state index in [2.05, 4.69) is 27.3 Å². The van der Waals surface area contributed by atoms with Gasteiger partial charge >= 0.3 is 0 Å². The fraction of sp³-hybridized carbons (Fsp3) is 0.667. The molecule has 4 N–H and O–H groups in total. The minimum Gasteiger partial charge on any atom is -0.395 e. The molecule has 0 aromatic carbocycles. The van der Waals surface area contributed by atoms with Crippen molar-refractivity contribution in [1.29, 1.82) is 0 Å². The molecule has 1 aliphatic rings. The molecular formula is C12H21N5O2. The summed E-state index contributed by atoms with van der Waals surface area (Å²) in [5.41, 5.74) is 7.12. The van der Waals surface area contributed by atoms with Crippen molar-refractivity contribution >= 4 is 11.6 Å². The molecule has 1 unspecified atom stereocenters. The van der Waals surface area contributed by atoms with E-state index in [1.807, 2.05) is 0 Å². The highest BCUT2D eigenvalue weighted by molar-refractivity contribution is 5.97. The standard InChI is InChI=1S/C12H21N5O2/c1-3-17-4-5-19-9(7-17)6-14-12(18)11-10(13)8(2)15-16-11/h9H,3-7,13H2,1-2H3,(H,14,18)(H,15,16). The zero-order valence-electron chi connectivity index (χ0n) is 11.4. The Balaban J connectivity index is 1.85. The van der Waals surface area contributed by atoms with Crippen LogP contribution in [0.4, 0.5) is 5.69 Å². The molecule has 1 saturated heterocycles. The Bertz CT molecular complexity index is 445. The average molecular weight is 267 g/mol. The third-order valence-electron chi connectivity index (χ3n) is 3.37. The molecule has 0 aliphatic carbocycles. The van der Waals surface area contributed by atoms with Crippen molar-refractivity contribution in [3.05, 3.63) is 11.4 Å². The lowest BCUT2D eigenvalue weighted by Gasteiger charge is -2.32. The molecule has 0 bridgehead atoms. The predicted molar refractivity (Wildman–Crippen MR) is 71.9 cm³/mol. The van der Waals surface area contributed by atoms with E-state index >= 15 is 0 Å². The second-order valence-electron chi connectivity index (χ2n) is 4.71. The maximum absolute atomic E-state index is 11.9. The monoisotopic (exact) mass is 267 g/mol. The summed E-state index contributed by atoms with van der Waals surface area (Å²) in [5, 5.41) is 9.41.